The van der Waals surface area contributed by atoms with Crippen molar-refractivity contribution in [3.63, 3.8) is 0 Å². The van der Waals surface area contributed by atoms with Gasteiger partial charge in [0.2, 0.25) is 0 Å². The summed E-state index contributed by atoms with van der Waals surface area (Å²) < 4.78 is 29.8. The molecule has 0 fully saturated rings. The van der Waals surface area contributed by atoms with Gasteiger partial charge in [-0.2, -0.15) is 0 Å². The van der Waals surface area contributed by atoms with Gasteiger partial charge in [0.05, 0.1) is 36.5 Å². The summed E-state index contributed by atoms with van der Waals surface area (Å²) in [6.45, 7) is 6.91. The van der Waals surface area contributed by atoms with Gasteiger partial charge >= 0.3 is 24.2 Å². The van der Waals surface area contributed by atoms with Gasteiger partial charge in [0, 0.05) is 45.8 Å². The van der Waals surface area contributed by atoms with Crippen LogP contribution in [0.3, 0.4) is 0 Å². The molecule has 16 heteroatoms. The molecule has 4 N–H and O–H groups in total. The van der Waals surface area contributed by atoms with E-state index < -0.39 is 48.0 Å². The first-order chi connectivity index (χ1) is 25.8. The standard InChI is InChI=1S/C38H38Cl2O14/c1-3-31(41)49-17-5-7-19-51-37(47)53-25-13-15-27(29(39)21-25)35(45)33(43)23-9-11-24(12-10-23)34(44)36(46)28-16-14-26(22-30(28)40)54-38(48)52-20-8-6-18-50-32(42)4-2/h3-4,9-16,21-22,35-36,43-46H,1-2,5-8,17-20H2. The van der Waals surface area contributed by atoms with Gasteiger partial charge in [-0.05, 0) is 37.8 Å². The third-order valence-electron chi connectivity index (χ3n) is 7.27. The van der Waals surface area contributed by atoms with E-state index in [1.54, 1.807) is 0 Å². The van der Waals surface area contributed by atoms with Crippen molar-refractivity contribution >= 4 is 59.0 Å². The van der Waals surface area contributed by atoms with Crippen LogP contribution in [0.2, 0.25) is 10.0 Å². The molecule has 0 bridgehead atoms. The van der Waals surface area contributed by atoms with E-state index in [1.165, 1.54) is 60.7 Å². The summed E-state index contributed by atoms with van der Waals surface area (Å²) in [6.07, 6.45) is -1.32. The van der Waals surface area contributed by atoms with Crippen molar-refractivity contribution in [1.82, 2.24) is 0 Å². The van der Waals surface area contributed by atoms with Crippen molar-refractivity contribution in [1.29, 1.82) is 0 Å². The minimum Gasteiger partial charge on any atom is -0.509 e. The highest BCUT2D eigenvalue weighted by molar-refractivity contribution is 6.32. The van der Waals surface area contributed by atoms with E-state index in [0.29, 0.717) is 25.7 Å². The number of halogens is 2. The summed E-state index contributed by atoms with van der Waals surface area (Å²) in [6, 6.07) is 13.5. The van der Waals surface area contributed by atoms with Crippen molar-refractivity contribution in [3.05, 3.63) is 118 Å². The van der Waals surface area contributed by atoms with E-state index in [9.17, 15) is 39.6 Å². The average Bonchev–Trinajstić information content (AvgIpc) is 3.16. The van der Waals surface area contributed by atoms with Crippen molar-refractivity contribution in [2.45, 2.75) is 37.9 Å². The third-order valence-corrected chi connectivity index (χ3v) is 7.92. The smallest absolute Gasteiger partial charge is 0.509 e. The normalized spacial score (nSPS) is 11.6. The van der Waals surface area contributed by atoms with E-state index in [1.807, 2.05) is 0 Å². The van der Waals surface area contributed by atoms with Crippen LogP contribution < -0.4 is 19.9 Å². The van der Waals surface area contributed by atoms with Crippen LogP contribution in [-0.4, -0.2) is 71.1 Å². The maximum Gasteiger partial charge on any atom is 0.513 e. The summed E-state index contributed by atoms with van der Waals surface area (Å²) >= 11 is 12.6. The quantitative estimate of drug-likeness (QED) is 0.0393. The van der Waals surface area contributed by atoms with Gasteiger partial charge in [-0.15, -0.1) is 0 Å². The number of unbranched alkanes of at least 4 members (excludes halogenated alkanes) is 2. The Bertz CT molecular complexity index is 1780. The van der Waals surface area contributed by atoms with E-state index in [0.717, 1.165) is 12.2 Å². The van der Waals surface area contributed by atoms with E-state index in [4.69, 9.17) is 51.6 Å². The van der Waals surface area contributed by atoms with Gasteiger partial charge in [0.1, 0.15) is 35.2 Å². The zero-order chi connectivity index (χ0) is 39.6. The second-order valence-electron chi connectivity index (χ2n) is 11.1. The average molecular weight is 790 g/mol. The molecular formula is C38H38Cl2O14. The molecule has 0 aliphatic carbocycles. The zero-order valence-electron chi connectivity index (χ0n) is 28.8. The number of carbonyl (C=O) groups is 4. The van der Waals surface area contributed by atoms with Crippen molar-refractivity contribution < 1.29 is 68.0 Å². The summed E-state index contributed by atoms with van der Waals surface area (Å²) in [7, 11) is 0. The van der Waals surface area contributed by atoms with E-state index in [2.05, 4.69) is 13.2 Å². The van der Waals surface area contributed by atoms with Gasteiger partial charge in [-0.3, -0.25) is 0 Å². The lowest BCUT2D eigenvalue weighted by molar-refractivity contribution is -0.138. The maximum atomic E-state index is 12.0. The lowest BCUT2D eigenvalue weighted by Gasteiger charge is -2.14. The van der Waals surface area contributed by atoms with Crippen LogP contribution in [0.25, 0.3) is 11.5 Å². The molecule has 54 heavy (non-hydrogen) atoms. The van der Waals surface area contributed by atoms with Gasteiger partial charge in [-0.1, -0.05) is 72.8 Å². The molecule has 14 nitrogen and oxygen atoms in total. The predicted molar refractivity (Wildman–Crippen MR) is 195 cm³/mol. The minimum absolute atomic E-state index is 0.0175. The fraction of sp³-hybridized carbons (Fsp3) is 0.263. The fourth-order valence-corrected chi connectivity index (χ4v) is 4.99. The molecule has 0 radical (unpaired) electrons. The van der Waals surface area contributed by atoms with Crippen LogP contribution in [0, 0.1) is 0 Å². The molecule has 0 aromatic heterocycles. The summed E-state index contributed by atoms with van der Waals surface area (Å²) in [5.41, 5.74) is 0.189. The maximum absolute atomic E-state index is 12.0. The number of esters is 2. The molecule has 0 aliphatic rings. The van der Waals surface area contributed by atoms with Crippen LogP contribution in [0.1, 0.15) is 49.0 Å². The number of aliphatic hydroxyl groups is 4. The first-order valence-corrected chi connectivity index (χ1v) is 17.0. The number of benzene rings is 3. The number of rotatable bonds is 18. The van der Waals surface area contributed by atoms with E-state index in [-0.39, 0.29) is 69.5 Å². The van der Waals surface area contributed by atoms with Gasteiger partial charge < -0.3 is 48.8 Å². The molecule has 0 aliphatic heterocycles. The largest absolute Gasteiger partial charge is 0.513 e. The predicted octanol–water partition coefficient (Wildman–Crippen LogP) is 5.84. The Morgan fingerprint density at radius 1 is 0.574 bits per heavy atom. The highest BCUT2D eigenvalue weighted by Gasteiger charge is 2.20. The number of hydrogen-bond acceptors (Lipinski definition) is 14. The van der Waals surface area contributed by atoms with Crippen molar-refractivity contribution in [2.75, 3.05) is 26.4 Å². The Kier molecular flexibility index (Phi) is 17.4. The summed E-state index contributed by atoms with van der Waals surface area (Å²) in [4.78, 5) is 46.0. The first kappa shape index (κ1) is 42.9. The second-order valence-corrected chi connectivity index (χ2v) is 11.9. The monoisotopic (exact) mass is 788 g/mol. The molecule has 3 aromatic rings. The molecule has 3 rings (SSSR count). The van der Waals surface area contributed by atoms with Crippen LogP contribution in [0.4, 0.5) is 9.59 Å². The first-order valence-electron chi connectivity index (χ1n) is 16.3. The molecule has 0 saturated carbocycles. The molecule has 288 valence electrons. The highest BCUT2D eigenvalue weighted by atomic mass is 35.5. The Labute approximate surface area is 319 Å². The van der Waals surface area contributed by atoms with Gasteiger partial charge in [0.15, 0.2) is 0 Å². The molecule has 3 aromatic carbocycles. The topological polar surface area (TPSA) is 205 Å². The minimum atomic E-state index is -1.59. The lowest BCUT2D eigenvalue weighted by atomic mass is 10.0. The molecule has 0 spiro atoms. The molecule has 0 heterocycles. The highest BCUT2D eigenvalue weighted by Crippen LogP contribution is 2.32. The Morgan fingerprint density at radius 3 is 1.22 bits per heavy atom. The summed E-state index contributed by atoms with van der Waals surface area (Å²) in [5, 5.41) is 43.6. The third kappa shape index (κ3) is 13.5. The second kappa shape index (κ2) is 21.9. The van der Waals surface area contributed by atoms with Crippen molar-refractivity contribution in [2.24, 2.45) is 0 Å². The van der Waals surface area contributed by atoms with Gasteiger partial charge in [-0.25, -0.2) is 19.2 Å². The number of hydrogen-bond donors (Lipinski definition) is 4. The van der Waals surface area contributed by atoms with E-state index >= 15 is 0 Å². The Morgan fingerprint density at radius 2 is 0.907 bits per heavy atom. The molecule has 0 saturated heterocycles. The molecule has 2 unspecified atom stereocenters. The van der Waals surface area contributed by atoms with Crippen LogP contribution in [0.5, 0.6) is 11.5 Å². The van der Waals surface area contributed by atoms with Crippen LogP contribution in [-0.2, 0) is 28.5 Å². The summed E-state index contributed by atoms with van der Waals surface area (Å²) in [5.74, 6) is -2.02. The number of ether oxygens (including phenoxy) is 6. The molecule has 2 atom stereocenters. The SMILES string of the molecule is C=CC(=O)OCCCCOC(=O)Oc1ccc(C(O)C(O)=c2ccc(=C(O)C(O)c3ccc(OC(=O)OCCCCOC(=O)C=C)cc3Cl)cc2)c(Cl)c1. The van der Waals surface area contributed by atoms with Crippen molar-refractivity contribution in [3.8, 4) is 11.5 Å². The number of carbonyl (C=O) groups excluding carboxylic acids is 4. The Balaban J connectivity index is 1.58. The lowest BCUT2D eigenvalue weighted by Crippen LogP contribution is -2.18. The number of aliphatic hydroxyl groups excluding tert-OH is 4. The molecule has 0 amide bonds. The fourth-order valence-electron chi connectivity index (χ4n) is 4.44. The Hall–Kier alpha value is -5.54. The van der Waals surface area contributed by atoms with Gasteiger partial charge in [0.25, 0.3) is 0 Å². The van der Waals surface area contributed by atoms with Crippen LogP contribution in [0.15, 0.2) is 86.0 Å². The zero-order valence-corrected chi connectivity index (χ0v) is 30.3. The molecular weight excluding hydrogens is 751 g/mol. The van der Waals surface area contributed by atoms with Crippen LogP contribution >= 0.6 is 23.2 Å².